The minimum atomic E-state index is -1.33. The molecule has 1 aliphatic rings. The van der Waals surface area contributed by atoms with Crippen LogP contribution in [0.25, 0.3) is 0 Å². The van der Waals surface area contributed by atoms with Crippen LogP contribution in [-0.4, -0.2) is 35.1 Å². The number of nitrogens with zero attached hydrogens (tertiary/aromatic N) is 1. The molecule has 96 valence electrons. The summed E-state index contributed by atoms with van der Waals surface area (Å²) in [4.78, 5) is 24.0. The van der Waals surface area contributed by atoms with Gasteiger partial charge >= 0.3 is 12.0 Å². The van der Waals surface area contributed by atoms with Gasteiger partial charge in [-0.1, -0.05) is 0 Å². The zero-order chi connectivity index (χ0) is 13.1. The molecule has 1 aromatic carbocycles. The van der Waals surface area contributed by atoms with Gasteiger partial charge in [0, 0.05) is 18.8 Å². The summed E-state index contributed by atoms with van der Waals surface area (Å²) < 4.78 is 13.4. The minimum absolute atomic E-state index is 0.259. The largest absolute Gasteiger partial charge is 0.478 e. The lowest BCUT2D eigenvalue weighted by Crippen LogP contribution is -2.32. The summed E-state index contributed by atoms with van der Waals surface area (Å²) in [5.74, 6) is -2.19. The molecule has 0 saturated carbocycles. The number of halogens is 1. The molecule has 1 aromatic rings. The Labute approximate surface area is 103 Å². The van der Waals surface area contributed by atoms with Crippen molar-refractivity contribution in [3.63, 3.8) is 0 Å². The zero-order valence-corrected chi connectivity index (χ0v) is 9.65. The molecule has 1 saturated heterocycles. The van der Waals surface area contributed by atoms with E-state index in [0.29, 0.717) is 13.1 Å². The van der Waals surface area contributed by atoms with Crippen LogP contribution in [0.2, 0.25) is 0 Å². The van der Waals surface area contributed by atoms with Crippen molar-refractivity contribution in [3.8, 4) is 0 Å². The predicted octanol–water partition coefficient (Wildman–Crippen LogP) is 2.15. The van der Waals surface area contributed by atoms with Crippen LogP contribution >= 0.6 is 0 Å². The molecule has 0 radical (unpaired) electrons. The van der Waals surface area contributed by atoms with Crippen LogP contribution in [0, 0.1) is 5.82 Å². The van der Waals surface area contributed by atoms with Crippen molar-refractivity contribution < 1.29 is 19.1 Å². The third kappa shape index (κ3) is 2.58. The summed E-state index contributed by atoms with van der Waals surface area (Å²) in [6.45, 7) is 1.39. The Bertz CT molecular complexity index is 484. The fourth-order valence-electron chi connectivity index (χ4n) is 1.89. The van der Waals surface area contributed by atoms with E-state index in [2.05, 4.69) is 5.32 Å². The first-order valence-electron chi connectivity index (χ1n) is 5.66. The maximum Gasteiger partial charge on any atom is 0.338 e. The second-order valence-corrected chi connectivity index (χ2v) is 4.12. The van der Waals surface area contributed by atoms with Gasteiger partial charge in [0.05, 0.1) is 5.56 Å². The Hall–Kier alpha value is -2.11. The fraction of sp³-hybridized carbons (Fsp3) is 0.333. The number of hydrogen-bond donors (Lipinski definition) is 2. The van der Waals surface area contributed by atoms with E-state index in [1.807, 2.05) is 0 Å². The van der Waals surface area contributed by atoms with Gasteiger partial charge in [0.1, 0.15) is 5.82 Å². The number of nitrogens with one attached hydrogen (secondary N) is 1. The molecule has 0 aromatic heterocycles. The average Bonchev–Trinajstić information content (AvgIpc) is 2.81. The highest BCUT2D eigenvalue weighted by Gasteiger charge is 2.18. The van der Waals surface area contributed by atoms with Crippen LogP contribution in [-0.2, 0) is 0 Å². The van der Waals surface area contributed by atoms with Crippen LogP contribution in [0.15, 0.2) is 18.2 Å². The maximum absolute atomic E-state index is 13.4. The van der Waals surface area contributed by atoms with Gasteiger partial charge in [-0.25, -0.2) is 14.0 Å². The number of carbonyl (C=O) groups excluding carboxylic acids is 1. The summed E-state index contributed by atoms with van der Waals surface area (Å²) in [6.07, 6.45) is 1.94. The Kier molecular flexibility index (Phi) is 3.45. The highest BCUT2D eigenvalue weighted by Crippen LogP contribution is 2.16. The van der Waals surface area contributed by atoms with E-state index in [-0.39, 0.29) is 11.7 Å². The monoisotopic (exact) mass is 252 g/mol. The van der Waals surface area contributed by atoms with Gasteiger partial charge in [-0.3, -0.25) is 0 Å². The molecule has 0 bridgehead atoms. The van der Waals surface area contributed by atoms with E-state index in [9.17, 15) is 14.0 Å². The van der Waals surface area contributed by atoms with Crippen molar-refractivity contribution in [2.75, 3.05) is 18.4 Å². The first-order chi connectivity index (χ1) is 8.58. The summed E-state index contributed by atoms with van der Waals surface area (Å²) in [5, 5.41) is 11.2. The number of benzene rings is 1. The van der Waals surface area contributed by atoms with E-state index in [4.69, 9.17) is 5.11 Å². The van der Waals surface area contributed by atoms with Crippen molar-refractivity contribution in [3.05, 3.63) is 29.6 Å². The third-order valence-electron chi connectivity index (χ3n) is 2.84. The van der Waals surface area contributed by atoms with Gasteiger partial charge in [0.15, 0.2) is 0 Å². The molecule has 18 heavy (non-hydrogen) atoms. The number of urea groups is 1. The van der Waals surface area contributed by atoms with Gasteiger partial charge in [0.25, 0.3) is 0 Å². The Morgan fingerprint density at radius 3 is 2.50 bits per heavy atom. The molecule has 2 amide bonds. The Morgan fingerprint density at radius 2 is 1.94 bits per heavy atom. The lowest BCUT2D eigenvalue weighted by molar-refractivity contribution is 0.0692. The highest BCUT2D eigenvalue weighted by atomic mass is 19.1. The summed E-state index contributed by atoms with van der Waals surface area (Å²) in [6, 6.07) is 3.24. The summed E-state index contributed by atoms with van der Waals surface area (Å²) in [7, 11) is 0. The van der Waals surface area contributed by atoms with Gasteiger partial charge < -0.3 is 15.3 Å². The summed E-state index contributed by atoms with van der Waals surface area (Å²) >= 11 is 0. The highest BCUT2D eigenvalue weighted by molar-refractivity contribution is 5.91. The lowest BCUT2D eigenvalue weighted by Gasteiger charge is -2.16. The van der Waals surface area contributed by atoms with E-state index >= 15 is 0 Å². The third-order valence-corrected chi connectivity index (χ3v) is 2.84. The molecule has 6 heteroatoms. The molecule has 1 fully saturated rings. The topological polar surface area (TPSA) is 69.6 Å². The van der Waals surface area contributed by atoms with Crippen LogP contribution < -0.4 is 5.32 Å². The van der Waals surface area contributed by atoms with Crippen molar-refractivity contribution in [1.82, 2.24) is 4.90 Å². The number of carboxylic acids is 1. The summed E-state index contributed by atoms with van der Waals surface area (Å²) in [5.41, 5.74) is -0.149. The molecule has 1 aliphatic heterocycles. The number of amides is 2. The molecule has 1 heterocycles. The van der Waals surface area contributed by atoms with Crippen LogP contribution in [0.1, 0.15) is 23.2 Å². The second-order valence-electron chi connectivity index (χ2n) is 4.12. The number of carboxylic acid groups (broad SMARTS) is 1. The smallest absolute Gasteiger partial charge is 0.338 e. The van der Waals surface area contributed by atoms with Crippen LogP contribution in [0.5, 0.6) is 0 Å². The number of carbonyl (C=O) groups is 2. The molecule has 0 aliphatic carbocycles. The number of rotatable bonds is 2. The molecule has 5 nitrogen and oxygen atoms in total. The molecule has 0 atom stereocenters. The van der Waals surface area contributed by atoms with E-state index in [1.165, 1.54) is 6.07 Å². The van der Waals surface area contributed by atoms with Crippen molar-refractivity contribution in [1.29, 1.82) is 0 Å². The van der Waals surface area contributed by atoms with Crippen molar-refractivity contribution in [2.45, 2.75) is 12.8 Å². The fourth-order valence-corrected chi connectivity index (χ4v) is 1.89. The molecule has 2 N–H and O–H groups in total. The van der Waals surface area contributed by atoms with Crippen LogP contribution in [0.3, 0.4) is 0 Å². The first-order valence-corrected chi connectivity index (χ1v) is 5.66. The van der Waals surface area contributed by atoms with Gasteiger partial charge in [0.2, 0.25) is 0 Å². The molecule has 2 rings (SSSR count). The molecular formula is C12H13FN2O3. The van der Waals surface area contributed by atoms with Crippen LogP contribution in [0.4, 0.5) is 14.9 Å². The Balaban J connectivity index is 2.07. The quantitative estimate of drug-likeness (QED) is 0.847. The molecular weight excluding hydrogens is 239 g/mol. The first kappa shape index (κ1) is 12.3. The number of hydrogen-bond acceptors (Lipinski definition) is 2. The predicted molar refractivity (Wildman–Crippen MR) is 63.2 cm³/mol. The van der Waals surface area contributed by atoms with Gasteiger partial charge in [-0.15, -0.1) is 0 Å². The number of likely N-dealkylation sites (tertiary alicyclic amines) is 1. The SMILES string of the molecule is O=C(O)c1ccc(NC(=O)N2CCCC2)cc1F. The van der Waals surface area contributed by atoms with Gasteiger partial charge in [-0.05, 0) is 31.0 Å². The number of aromatic carboxylic acids is 1. The average molecular weight is 252 g/mol. The maximum atomic E-state index is 13.4. The molecule has 0 unspecified atom stereocenters. The number of anilines is 1. The normalized spacial score (nSPS) is 14.6. The lowest BCUT2D eigenvalue weighted by atomic mass is 10.2. The van der Waals surface area contributed by atoms with E-state index < -0.39 is 17.3 Å². The van der Waals surface area contributed by atoms with E-state index in [0.717, 1.165) is 25.0 Å². The van der Waals surface area contributed by atoms with Gasteiger partial charge in [-0.2, -0.15) is 0 Å². The Morgan fingerprint density at radius 1 is 1.28 bits per heavy atom. The minimum Gasteiger partial charge on any atom is -0.478 e. The van der Waals surface area contributed by atoms with Crippen molar-refractivity contribution in [2.24, 2.45) is 0 Å². The zero-order valence-electron chi connectivity index (χ0n) is 9.65. The second kappa shape index (κ2) is 5.03. The standard InChI is InChI=1S/C12H13FN2O3/c13-10-7-8(3-4-9(10)11(16)17)14-12(18)15-5-1-2-6-15/h3-4,7H,1-2,5-6H2,(H,14,18)(H,16,17). The molecule has 0 spiro atoms. The van der Waals surface area contributed by atoms with E-state index in [1.54, 1.807) is 4.90 Å². The van der Waals surface area contributed by atoms with Crippen molar-refractivity contribution >= 4 is 17.7 Å².